The molecule has 0 spiro atoms. The summed E-state index contributed by atoms with van der Waals surface area (Å²) in [5.74, 6) is 0.349. The molecule has 1 atom stereocenters. The summed E-state index contributed by atoms with van der Waals surface area (Å²) in [7, 11) is 0. The molecule has 2 aromatic rings. The maximum atomic E-state index is 12.0. The highest BCUT2D eigenvalue weighted by atomic mass is 35.5. The van der Waals surface area contributed by atoms with Crippen LogP contribution in [0.4, 0.5) is 0 Å². The summed E-state index contributed by atoms with van der Waals surface area (Å²) in [5.41, 5.74) is 0.294. The predicted octanol–water partition coefficient (Wildman–Crippen LogP) is 2.96. The van der Waals surface area contributed by atoms with E-state index >= 15 is 0 Å². The fourth-order valence-electron chi connectivity index (χ4n) is 2.18. The molecule has 0 aromatic carbocycles. The molecule has 1 fully saturated rings. The van der Waals surface area contributed by atoms with Crippen LogP contribution in [0.25, 0.3) is 10.6 Å². The first kappa shape index (κ1) is 16.3. The molecular formula is C13H15Cl2N3O2S. The van der Waals surface area contributed by atoms with E-state index in [2.05, 4.69) is 15.8 Å². The van der Waals surface area contributed by atoms with Gasteiger partial charge in [0.25, 0.3) is 5.91 Å². The van der Waals surface area contributed by atoms with Gasteiger partial charge >= 0.3 is 0 Å². The first-order valence-electron chi connectivity index (χ1n) is 6.46. The van der Waals surface area contributed by atoms with Crippen LogP contribution in [0.5, 0.6) is 0 Å². The van der Waals surface area contributed by atoms with Crippen LogP contribution in [0, 0.1) is 0 Å². The number of carbonyl (C=O) groups excluding carboxylic acids is 1. The highest BCUT2D eigenvalue weighted by molar-refractivity contribution is 7.19. The van der Waals surface area contributed by atoms with Crippen LogP contribution >= 0.6 is 35.3 Å². The minimum absolute atomic E-state index is 0. The van der Waals surface area contributed by atoms with Crippen LogP contribution in [0.2, 0.25) is 4.34 Å². The van der Waals surface area contributed by atoms with Gasteiger partial charge in [-0.15, -0.1) is 23.7 Å². The van der Waals surface area contributed by atoms with Crippen molar-refractivity contribution in [2.45, 2.75) is 18.9 Å². The Balaban J connectivity index is 0.00000161. The fourth-order valence-corrected chi connectivity index (χ4v) is 3.17. The first-order valence-corrected chi connectivity index (χ1v) is 7.66. The minimum atomic E-state index is -0.212. The maximum absolute atomic E-state index is 12.0. The standard InChI is InChI=1S/C13H14ClN3O2S.ClH/c14-12-4-3-11(20-12)10-6-9(17-19-10)13(18)16-7-8-2-1-5-15-8;/h3-4,6,8,15H,1-2,5,7H2,(H,16,18);1H. The molecule has 0 bridgehead atoms. The SMILES string of the molecule is Cl.O=C(NCC1CCCN1)c1cc(-c2ccc(Cl)s2)on1. The summed E-state index contributed by atoms with van der Waals surface area (Å²) >= 11 is 7.26. The van der Waals surface area contributed by atoms with Gasteiger partial charge in [-0.1, -0.05) is 16.8 Å². The molecule has 0 saturated carbocycles. The zero-order chi connectivity index (χ0) is 13.9. The van der Waals surface area contributed by atoms with E-state index in [-0.39, 0.29) is 18.3 Å². The Bertz CT molecular complexity index is 608. The molecule has 1 amide bonds. The largest absolute Gasteiger partial charge is 0.355 e. The number of thiophene rings is 1. The summed E-state index contributed by atoms with van der Waals surface area (Å²) < 4.78 is 5.86. The molecule has 1 saturated heterocycles. The number of amides is 1. The van der Waals surface area contributed by atoms with Crippen LogP contribution in [-0.2, 0) is 0 Å². The second-order valence-electron chi connectivity index (χ2n) is 4.68. The van der Waals surface area contributed by atoms with E-state index in [9.17, 15) is 4.79 Å². The van der Waals surface area contributed by atoms with Crippen LogP contribution in [-0.4, -0.2) is 30.2 Å². The van der Waals surface area contributed by atoms with Gasteiger partial charge in [0.2, 0.25) is 0 Å². The zero-order valence-corrected chi connectivity index (χ0v) is 13.5. The molecular weight excluding hydrogens is 333 g/mol. The predicted molar refractivity (Wildman–Crippen MR) is 85.4 cm³/mol. The average Bonchev–Trinajstić information content (AvgIpc) is 3.16. The molecule has 3 rings (SSSR count). The molecule has 0 radical (unpaired) electrons. The second-order valence-corrected chi connectivity index (χ2v) is 6.40. The first-order chi connectivity index (χ1) is 9.72. The number of carbonyl (C=O) groups is 1. The minimum Gasteiger partial charge on any atom is -0.355 e. The molecule has 114 valence electrons. The van der Waals surface area contributed by atoms with E-state index in [1.165, 1.54) is 11.3 Å². The van der Waals surface area contributed by atoms with Gasteiger partial charge in [-0.25, -0.2) is 0 Å². The highest BCUT2D eigenvalue weighted by Gasteiger charge is 2.18. The van der Waals surface area contributed by atoms with Crippen molar-refractivity contribution in [1.82, 2.24) is 15.8 Å². The summed E-state index contributed by atoms with van der Waals surface area (Å²) in [4.78, 5) is 12.8. The number of nitrogens with one attached hydrogen (secondary N) is 2. The number of aromatic nitrogens is 1. The Morgan fingerprint density at radius 1 is 1.57 bits per heavy atom. The number of rotatable bonds is 4. The molecule has 1 aliphatic heterocycles. The molecule has 2 N–H and O–H groups in total. The lowest BCUT2D eigenvalue weighted by molar-refractivity contribution is 0.0941. The maximum Gasteiger partial charge on any atom is 0.273 e. The highest BCUT2D eigenvalue weighted by Crippen LogP contribution is 2.31. The van der Waals surface area contributed by atoms with Gasteiger partial charge in [0.05, 0.1) is 9.21 Å². The summed E-state index contributed by atoms with van der Waals surface area (Å²) in [6, 6.07) is 5.63. The van der Waals surface area contributed by atoms with E-state index in [0.29, 0.717) is 28.4 Å². The van der Waals surface area contributed by atoms with Crippen LogP contribution in [0.15, 0.2) is 22.7 Å². The monoisotopic (exact) mass is 347 g/mol. The van der Waals surface area contributed by atoms with E-state index in [4.69, 9.17) is 16.1 Å². The quantitative estimate of drug-likeness (QED) is 0.892. The Morgan fingerprint density at radius 3 is 3.10 bits per heavy atom. The van der Waals surface area contributed by atoms with Crippen LogP contribution in [0.3, 0.4) is 0 Å². The fraction of sp³-hybridized carbons (Fsp3) is 0.385. The third kappa shape index (κ3) is 3.97. The lowest BCUT2D eigenvalue weighted by atomic mass is 10.2. The van der Waals surface area contributed by atoms with Gasteiger partial charge in [0, 0.05) is 18.7 Å². The van der Waals surface area contributed by atoms with Crippen molar-refractivity contribution >= 4 is 41.3 Å². The number of hydrogen-bond acceptors (Lipinski definition) is 5. The smallest absolute Gasteiger partial charge is 0.273 e. The lowest BCUT2D eigenvalue weighted by Gasteiger charge is -2.09. The molecule has 5 nitrogen and oxygen atoms in total. The van der Waals surface area contributed by atoms with Gasteiger partial charge < -0.3 is 15.2 Å². The Morgan fingerprint density at radius 2 is 2.43 bits per heavy atom. The van der Waals surface area contributed by atoms with Gasteiger partial charge in [0.1, 0.15) is 0 Å². The van der Waals surface area contributed by atoms with Crippen molar-refractivity contribution in [1.29, 1.82) is 0 Å². The third-order valence-corrected chi connectivity index (χ3v) is 4.48. The Kier molecular flexibility index (Phi) is 5.64. The molecule has 2 aromatic heterocycles. The van der Waals surface area contributed by atoms with Gasteiger partial charge in [-0.2, -0.15) is 0 Å². The van der Waals surface area contributed by atoms with Crippen molar-refractivity contribution in [3.8, 4) is 10.6 Å². The molecule has 1 unspecified atom stereocenters. The van der Waals surface area contributed by atoms with Gasteiger partial charge in [0.15, 0.2) is 11.5 Å². The van der Waals surface area contributed by atoms with E-state index in [1.807, 2.05) is 6.07 Å². The number of halogens is 2. The molecule has 21 heavy (non-hydrogen) atoms. The van der Waals surface area contributed by atoms with Gasteiger partial charge in [-0.05, 0) is 31.5 Å². The number of hydrogen-bond donors (Lipinski definition) is 2. The summed E-state index contributed by atoms with van der Waals surface area (Å²) in [6.45, 7) is 1.64. The Hall–Kier alpha value is -1.08. The van der Waals surface area contributed by atoms with Crippen molar-refractivity contribution in [2.24, 2.45) is 0 Å². The molecule has 3 heterocycles. The van der Waals surface area contributed by atoms with E-state index < -0.39 is 0 Å². The zero-order valence-electron chi connectivity index (χ0n) is 11.1. The van der Waals surface area contributed by atoms with E-state index in [0.717, 1.165) is 24.3 Å². The number of nitrogens with zero attached hydrogens (tertiary/aromatic N) is 1. The van der Waals surface area contributed by atoms with Crippen molar-refractivity contribution < 1.29 is 9.32 Å². The van der Waals surface area contributed by atoms with Crippen LogP contribution < -0.4 is 10.6 Å². The van der Waals surface area contributed by atoms with Crippen molar-refractivity contribution in [3.05, 3.63) is 28.2 Å². The topological polar surface area (TPSA) is 67.2 Å². The summed E-state index contributed by atoms with van der Waals surface area (Å²) in [6.07, 6.45) is 2.26. The molecule has 8 heteroatoms. The average molecular weight is 348 g/mol. The lowest BCUT2D eigenvalue weighted by Crippen LogP contribution is -2.37. The summed E-state index contributed by atoms with van der Waals surface area (Å²) in [5, 5.41) is 9.99. The van der Waals surface area contributed by atoms with E-state index in [1.54, 1.807) is 12.1 Å². The Labute approximate surface area is 137 Å². The van der Waals surface area contributed by atoms with Crippen molar-refractivity contribution in [3.63, 3.8) is 0 Å². The third-order valence-electron chi connectivity index (χ3n) is 3.23. The van der Waals surface area contributed by atoms with Gasteiger partial charge in [-0.3, -0.25) is 4.79 Å². The second kappa shape index (κ2) is 7.26. The normalized spacial score (nSPS) is 17.5. The molecule has 0 aliphatic carbocycles. The van der Waals surface area contributed by atoms with Crippen molar-refractivity contribution in [2.75, 3.05) is 13.1 Å². The van der Waals surface area contributed by atoms with Crippen LogP contribution in [0.1, 0.15) is 23.3 Å². The molecule has 1 aliphatic rings.